The molecule has 2 aromatic rings. The third kappa shape index (κ3) is 1.79. The number of aliphatic carboxylic acids is 1. The lowest BCUT2D eigenvalue weighted by Gasteiger charge is -2.04. The van der Waals surface area contributed by atoms with E-state index in [4.69, 9.17) is 5.11 Å². The molecule has 1 aliphatic carbocycles. The van der Waals surface area contributed by atoms with E-state index in [-0.39, 0.29) is 0 Å². The number of carboxylic acids is 1. The molecule has 2 aromatic heterocycles. The van der Waals surface area contributed by atoms with Crippen LogP contribution in [0.15, 0.2) is 12.3 Å². The molecule has 18 heavy (non-hydrogen) atoms. The van der Waals surface area contributed by atoms with E-state index in [0.29, 0.717) is 11.6 Å². The second-order valence-electron chi connectivity index (χ2n) is 5.15. The van der Waals surface area contributed by atoms with Crippen molar-refractivity contribution in [2.45, 2.75) is 44.4 Å². The maximum absolute atomic E-state index is 10.9. The molecule has 0 amide bonds. The Kier molecular flexibility index (Phi) is 2.61. The Labute approximate surface area is 105 Å². The third-order valence-corrected chi connectivity index (χ3v) is 3.90. The quantitative estimate of drug-likeness (QED) is 0.875. The van der Waals surface area contributed by atoms with E-state index in [1.165, 1.54) is 31.4 Å². The molecule has 5 heteroatoms. The van der Waals surface area contributed by atoms with Crippen LogP contribution in [0.3, 0.4) is 0 Å². The zero-order valence-electron chi connectivity index (χ0n) is 10.4. The van der Waals surface area contributed by atoms with Gasteiger partial charge in [-0.1, -0.05) is 12.8 Å². The molecule has 2 N–H and O–H groups in total. The molecule has 0 radical (unpaired) electrons. The van der Waals surface area contributed by atoms with Gasteiger partial charge in [0.2, 0.25) is 0 Å². The van der Waals surface area contributed by atoms with Crippen molar-refractivity contribution in [3.8, 4) is 0 Å². The van der Waals surface area contributed by atoms with Crippen LogP contribution in [-0.2, 0) is 4.79 Å². The van der Waals surface area contributed by atoms with Crippen LogP contribution in [0.1, 0.15) is 55.8 Å². The predicted octanol–water partition coefficient (Wildman–Crippen LogP) is 2.51. The van der Waals surface area contributed by atoms with Gasteiger partial charge in [-0.15, -0.1) is 0 Å². The average molecular weight is 247 g/mol. The van der Waals surface area contributed by atoms with Crippen molar-refractivity contribution in [2.24, 2.45) is 0 Å². The molecular formula is C13H17N3O2. The maximum atomic E-state index is 10.9. The minimum Gasteiger partial charge on any atom is -0.481 e. The summed E-state index contributed by atoms with van der Waals surface area (Å²) in [7, 11) is 0. The SMILES string of the molecule is CC(C(=O)O)c1cn2[nH]c(C3CCCC3)cc2n1. The highest BCUT2D eigenvalue weighted by molar-refractivity contribution is 5.75. The van der Waals surface area contributed by atoms with Crippen LogP contribution < -0.4 is 0 Å². The summed E-state index contributed by atoms with van der Waals surface area (Å²) < 4.78 is 1.84. The number of aromatic amines is 1. The fourth-order valence-electron chi connectivity index (χ4n) is 2.70. The Hall–Kier alpha value is -1.78. The van der Waals surface area contributed by atoms with E-state index >= 15 is 0 Å². The Bertz CT molecular complexity index is 547. The van der Waals surface area contributed by atoms with Gasteiger partial charge in [0.1, 0.15) is 0 Å². The number of fused-ring (bicyclic) bond motifs is 1. The normalized spacial score (nSPS) is 18.5. The lowest BCUT2D eigenvalue weighted by atomic mass is 10.1. The molecule has 0 bridgehead atoms. The van der Waals surface area contributed by atoms with Crippen molar-refractivity contribution in [3.63, 3.8) is 0 Å². The zero-order valence-corrected chi connectivity index (χ0v) is 10.4. The molecule has 5 nitrogen and oxygen atoms in total. The van der Waals surface area contributed by atoms with E-state index in [9.17, 15) is 4.79 Å². The van der Waals surface area contributed by atoms with Crippen LogP contribution in [0.4, 0.5) is 0 Å². The fraction of sp³-hybridized carbons (Fsp3) is 0.538. The molecule has 0 saturated heterocycles. The van der Waals surface area contributed by atoms with E-state index in [0.717, 1.165) is 5.65 Å². The summed E-state index contributed by atoms with van der Waals surface area (Å²) in [5.41, 5.74) is 2.65. The minimum atomic E-state index is -0.841. The molecule has 0 spiro atoms. The first-order valence-corrected chi connectivity index (χ1v) is 6.46. The summed E-state index contributed by atoms with van der Waals surface area (Å²) in [5.74, 6) is -0.785. The fourth-order valence-corrected chi connectivity index (χ4v) is 2.70. The Morgan fingerprint density at radius 2 is 2.28 bits per heavy atom. The monoisotopic (exact) mass is 247 g/mol. The number of imidazole rings is 1. The van der Waals surface area contributed by atoms with E-state index in [1.54, 1.807) is 13.1 Å². The molecule has 1 aliphatic rings. The number of carboxylic acid groups (broad SMARTS) is 1. The van der Waals surface area contributed by atoms with Crippen molar-refractivity contribution in [1.82, 2.24) is 14.6 Å². The van der Waals surface area contributed by atoms with Crippen molar-refractivity contribution in [2.75, 3.05) is 0 Å². The van der Waals surface area contributed by atoms with E-state index < -0.39 is 11.9 Å². The molecule has 2 heterocycles. The number of hydrogen-bond acceptors (Lipinski definition) is 2. The smallest absolute Gasteiger partial charge is 0.312 e. The standard InChI is InChI=1S/C13H17N3O2/c1-8(13(17)18)11-7-16-12(14-11)6-10(15-16)9-4-2-3-5-9/h6-9,15H,2-5H2,1H3,(H,17,18). The largest absolute Gasteiger partial charge is 0.481 e. The average Bonchev–Trinajstić information content (AvgIpc) is 3.01. The lowest BCUT2D eigenvalue weighted by molar-refractivity contribution is -0.138. The highest BCUT2D eigenvalue weighted by Gasteiger charge is 2.21. The summed E-state index contributed by atoms with van der Waals surface area (Å²) in [6, 6.07) is 2.05. The summed E-state index contributed by atoms with van der Waals surface area (Å²) in [6.07, 6.45) is 6.86. The molecule has 1 unspecified atom stereocenters. The van der Waals surface area contributed by atoms with Gasteiger partial charge in [-0.3, -0.25) is 9.89 Å². The van der Waals surface area contributed by atoms with Crippen LogP contribution >= 0.6 is 0 Å². The number of nitrogens with one attached hydrogen (secondary N) is 1. The van der Waals surface area contributed by atoms with Crippen LogP contribution in [0.5, 0.6) is 0 Å². The number of carbonyl (C=O) groups is 1. The van der Waals surface area contributed by atoms with Crippen molar-refractivity contribution in [1.29, 1.82) is 0 Å². The van der Waals surface area contributed by atoms with Gasteiger partial charge in [-0.2, -0.15) is 0 Å². The lowest BCUT2D eigenvalue weighted by Crippen LogP contribution is -2.07. The van der Waals surface area contributed by atoms with Crippen molar-refractivity contribution in [3.05, 3.63) is 23.7 Å². The summed E-state index contributed by atoms with van der Waals surface area (Å²) in [6.45, 7) is 1.65. The molecule has 1 saturated carbocycles. The van der Waals surface area contributed by atoms with Gasteiger partial charge in [0, 0.05) is 17.7 Å². The molecule has 3 rings (SSSR count). The number of aromatic nitrogens is 3. The van der Waals surface area contributed by atoms with Gasteiger partial charge in [-0.05, 0) is 19.8 Å². The number of rotatable bonds is 3. The third-order valence-electron chi connectivity index (χ3n) is 3.90. The predicted molar refractivity (Wildman–Crippen MR) is 66.8 cm³/mol. The van der Waals surface area contributed by atoms with Gasteiger partial charge < -0.3 is 5.11 Å². The number of H-pyrrole nitrogens is 1. The first kappa shape index (κ1) is 11.3. The van der Waals surface area contributed by atoms with E-state index in [2.05, 4.69) is 10.1 Å². The van der Waals surface area contributed by atoms with Gasteiger partial charge in [-0.25, -0.2) is 9.50 Å². The second-order valence-corrected chi connectivity index (χ2v) is 5.15. The summed E-state index contributed by atoms with van der Waals surface area (Å²) in [5, 5.41) is 12.3. The van der Waals surface area contributed by atoms with Crippen molar-refractivity contribution >= 4 is 11.6 Å². The van der Waals surface area contributed by atoms with Crippen LogP contribution in [-0.4, -0.2) is 25.7 Å². The van der Waals surface area contributed by atoms with Gasteiger partial charge in [0.05, 0.1) is 17.8 Å². The summed E-state index contributed by atoms with van der Waals surface area (Å²) >= 11 is 0. The topological polar surface area (TPSA) is 70.4 Å². The Morgan fingerprint density at radius 1 is 1.56 bits per heavy atom. The number of nitrogens with zero attached hydrogens (tertiary/aromatic N) is 2. The molecule has 0 aromatic carbocycles. The van der Waals surface area contributed by atoms with Crippen molar-refractivity contribution < 1.29 is 9.90 Å². The van der Waals surface area contributed by atoms with Gasteiger partial charge >= 0.3 is 5.97 Å². The second kappa shape index (κ2) is 4.15. The molecule has 0 aliphatic heterocycles. The molecule has 96 valence electrons. The maximum Gasteiger partial charge on any atom is 0.312 e. The molecule has 1 atom stereocenters. The molecule has 1 fully saturated rings. The van der Waals surface area contributed by atoms with Crippen LogP contribution in [0.25, 0.3) is 5.65 Å². The highest BCUT2D eigenvalue weighted by Crippen LogP contribution is 2.33. The summed E-state index contributed by atoms with van der Waals surface area (Å²) in [4.78, 5) is 15.3. The van der Waals surface area contributed by atoms with Crippen LogP contribution in [0, 0.1) is 0 Å². The van der Waals surface area contributed by atoms with Gasteiger partial charge in [0.25, 0.3) is 0 Å². The number of hydrogen-bond donors (Lipinski definition) is 2. The minimum absolute atomic E-state index is 0.562. The first-order valence-electron chi connectivity index (χ1n) is 6.46. The highest BCUT2D eigenvalue weighted by atomic mass is 16.4. The first-order chi connectivity index (χ1) is 8.65. The molecular weight excluding hydrogens is 230 g/mol. The van der Waals surface area contributed by atoms with Gasteiger partial charge in [0.15, 0.2) is 5.65 Å². The Morgan fingerprint density at radius 3 is 2.89 bits per heavy atom. The Balaban J connectivity index is 1.91. The van der Waals surface area contributed by atoms with Crippen LogP contribution in [0.2, 0.25) is 0 Å². The van der Waals surface area contributed by atoms with E-state index in [1.807, 2.05) is 10.6 Å². The zero-order chi connectivity index (χ0) is 12.7.